The number of amides is 2. The summed E-state index contributed by atoms with van der Waals surface area (Å²) in [7, 11) is 0. The van der Waals surface area contributed by atoms with Gasteiger partial charge in [0, 0.05) is 13.0 Å². The first-order valence-electron chi connectivity index (χ1n) is 5.62. The Bertz CT molecular complexity index is 297. The van der Waals surface area contributed by atoms with E-state index in [1.807, 2.05) is 0 Å². The van der Waals surface area contributed by atoms with Crippen molar-refractivity contribution < 1.29 is 40.2 Å². The minimum Gasteiger partial charge on any atom is -0.396 e. The number of imide groups is 1. The van der Waals surface area contributed by atoms with Crippen molar-refractivity contribution in [3.8, 4) is 0 Å². The molecule has 9 nitrogen and oxygen atoms in total. The molecule has 2 amide bonds. The highest BCUT2D eigenvalue weighted by atomic mass is 16.4. The van der Waals surface area contributed by atoms with Gasteiger partial charge in [0.25, 0.3) is 5.91 Å². The van der Waals surface area contributed by atoms with Gasteiger partial charge >= 0.3 is 0 Å². The molecule has 0 heterocycles. The fourth-order valence-corrected chi connectivity index (χ4v) is 1.19. The third-order valence-corrected chi connectivity index (χ3v) is 2.35. The smallest absolute Gasteiger partial charge is 0.258 e. The van der Waals surface area contributed by atoms with Crippen molar-refractivity contribution in [1.82, 2.24) is 5.32 Å². The van der Waals surface area contributed by atoms with Crippen LogP contribution in [0.25, 0.3) is 0 Å². The molecular weight excluding hydrogens is 262 g/mol. The fourth-order valence-electron chi connectivity index (χ4n) is 1.19. The van der Waals surface area contributed by atoms with Crippen LogP contribution in [0.2, 0.25) is 0 Å². The van der Waals surface area contributed by atoms with Crippen molar-refractivity contribution in [2.45, 2.75) is 37.3 Å². The number of aliphatic hydroxyl groups is 6. The normalized spacial score (nSPS) is 17.4. The number of nitrogens with one attached hydrogen (secondary N) is 1. The Hall–Kier alpha value is -1.10. The van der Waals surface area contributed by atoms with Gasteiger partial charge in [-0.3, -0.25) is 14.9 Å². The Morgan fingerprint density at radius 3 is 2.05 bits per heavy atom. The van der Waals surface area contributed by atoms with Gasteiger partial charge in [0.2, 0.25) is 5.91 Å². The standard InChI is InChI=1S/C10H19NO8/c12-3-1-2-6(15)11-10(19)9(18)8(17)7(16)5(14)4-13/h5,7-9,12-14,16-18H,1-4H2,(H,11,15,19)/t5-,7-,8+,9-/m1/s1. The lowest BCUT2D eigenvalue weighted by Gasteiger charge is -2.24. The van der Waals surface area contributed by atoms with Crippen LogP contribution < -0.4 is 5.32 Å². The number of aliphatic hydroxyl groups excluding tert-OH is 6. The van der Waals surface area contributed by atoms with E-state index >= 15 is 0 Å². The van der Waals surface area contributed by atoms with E-state index in [1.165, 1.54) is 0 Å². The lowest BCUT2D eigenvalue weighted by atomic mass is 10.0. The lowest BCUT2D eigenvalue weighted by molar-refractivity contribution is -0.151. The summed E-state index contributed by atoms with van der Waals surface area (Å²) in [5.41, 5.74) is 0. The number of carbonyl (C=O) groups excluding carboxylic acids is 2. The van der Waals surface area contributed by atoms with E-state index in [4.69, 9.17) is 15.3 Å². The summed E-state index contributed by atoms with van der Waals surface area (Å²) in [5.74, 6) is -2.01. The maximum absolute atomic E-state index is 11.3. The first-order chi connectivity index (χ1) is 8.84. The van der Waals surface area contributed by atoms with Gasteiger partial charge in [0.05, 0.1) is 6.61 Å². The molecule has 0 saturated carbocycles. The molecule has 0 saturated heterocycles. The molecule has 0 radical (unpaired) electrons. The average molecular weight is 281 g/mol. The van der Waals surface area contributed by atoms with Crippen molar-refractivity contribution >= 4 is 11.8 Å². The van der Waals surface area contributed by atoms with Crippen molar-refractivity contribution in [2.75, 3.05) is 13.2 Å². The van der Waals surface area contributed by atoms with Gasteiger partial charge in [0.15, 0.2) is 6.10 Å². The molecule has 0 aliphatic heterocycles. The molecule has 0 bridgehead atoms. The number of hydrogen-bond donors (Lipinski definition) is 7. The van der Waals surface area contributed by atoms with E-state index in [0.29, 0.717) is 0 Å². The molecule has 0 aliphatic carbocycles. The zero-order chi connectivity index (χ0) is 15.0. The molecule has 0 aromatic carbocycles. The Balaban J connectivity index is 4.35. The van der Waals surface area contributed by atoms with E-state index in [2.05, 4.69) is 0 Å². The van der Waals surface area contributed by atoms with Gasteiger partial charge in [0.1, 0.15) is 18.3 Å². The van der Waals surface area contributed by atoms with Crippen LogP contribution in [0.4, 0.5) is 0 Å². The zero-order valence-corrected chi connectivity index (χ0v) is 10.1. The van der Waals surface area contributed by atoms with Gasteiger partial charge in [-0.15, -0.1) is 0 Å². The van der Waals surface area contributed by atoms with E-state index in [1.54, 1.807) is 5.32 Å². The van der Waals surface area contributed by atoms with Gasteiger partial charge in [-0.25, -0.2) is 0 Å². The Kier molecular flexibility index (Phi) is 8.39. The van der Waals surface area contributed by atoms with Crippen LogP contribution in [-0.2, 0) is 9.59 Å². The van der Waals surface area contributed by atoms with E-state index in [9.17, 15) is 24.9 Å². The van der Waals surface area contributed by atoms with Gasteiger partial charge in [-0.2, -0.15) is 0 Å². The summed E-state index contributed by atoms with van der Waals surface area (Å²) in [5, 5.41) is 55.8. The average Bonchev–Trinajstić information content (AvgIpc) is 2.41. The Labute approximate surface area is 109 Å². The van der Waals surface area contributed by atoms with Crippen molar-refractivity contribution in [3.05, 3.63) is 0 Å². The summed E-state index contributed by atoms with van der Waals surface area (Å²) < 4.78 is 0. The monoisotopic (exact) mass is 281 g/mol. The van der Waals surface area contributed by atoms with Crippen LogP contribution in [0.15, 0.2) is 0 Å². The largest absolute Gasteiger partial charge is 0.396 e. The first kappa shape index (κ1) is 17.9. The minimum atomic E-state index is -2.14. The molecule has 0 aliphatic rings. The molecule has 9 heteroatoms. The van der Waals surface area contributed by atoms with Crippen molar-refractivity contribution in [2.24, 2.45) is 0 Å². The molecule has 4 atom stereocenters. The van der Waals surface area contributed by atoms with Crippen LogP contribution in [0.1, 0.15) is 12.8 Å². The molecule has 0 fully saturated rings. The van der Waals surface area contributed by atoms with Crippen LogP contribution in [-0.4, -0.2) is 80.1 Å². The summed E-state index contributed by atoms with van der Waals surface area (Å²) in [6.45, 7) is -1.11. The molecule has 0 unspecified atom stereocenters. The highest BCUT2D eigenvalue weighted by Gasteiger charge is 2.34. The summed E-state index contributed by atoms with van der Waals surface area (Å²) in [4.78, 5) is 22.4. The second kappa shape index (κ2) is 8.91. The lowest BCUT2D eigenvalue weighted by Crippen LogP contribution is -2.52. The Morgan fingerprint density at radius 1 is 1.00 bits per heavy atom. The molecule has 0 spiro atoms. The van der Waals surface area contributed by atoms with Gasteiger partial charge < -0.3 is 30.6 Å². The minimum absolute atomic E-state index is 0.129. The maximum Gasteiger partial charge on any atom is 0.258 e. The first-order valence-corrected chi connectivity index (χ1v) is 5.62. The van der Waals surface area contributed by atoms with Crippen LogP contribution in [0, 0.1) is 0 Å². The van der Waals surface area contributed by atoms with Crippen LogP contribution in [0.5, 0.6) is 0 Å². The molecule has 7 N–H and O–H groups in total. The summed E-state index contributed by atoms with van der Waals surface area (Å²) in [6.07, 6.45) is -7.90. The predicted molar refractivity (Wildman–Crippen MR) is 60.6 cm³/mol. The highest BCUT2D eigenvalue weighted by Crippen LogP contribution is 2.05. The van der Waals surface area contributed by atoms with Gasteiger partial charge in [-0.1, -0.05) is 0 Å². The molecule has 0 aromatic heterocycles. The summed E-state index contributed by atoms with van der Waals surface area (Å²) in [6, 6.07) is 0. The topological polar surface area (TPSA) is 168 Å². The highest BCUT2D eigenvalue weighted by molar-refractivity contribution is 5.97. The second-order valence-corrected chi connectivity index (χ2v) is 3.92. The molecule has 0 rings (SSSR count). The third kappa shape index (κ3) is 6.05. The second-order valence-electron chi connectivity index (χ2n) is 3.92. The molecule has 0 aromatic rings. The molecule has 19 heavy (non-hydrogen) atoms. The van der Waals surface area contributed by atoms with E-state index in [0.717, 1.165) is 0 Å². The van der Waals surface area contributed by atoms with Crippen molar-refractivity contribution in [1.29, 1.82) is 0 Å². The molecule has 112 valence electrons. The van der Waals surface area contributed by atoms with Crippen LogP contribution >= 0.6 is 0 Å². The SMILES string of the molecule is O=C(CCCO)NC(=O)[C@H](O)[C@@H](O)[C@H](O)[C@H](O)CO. The zero-order valence-electron chi connectivity index (χ0n) is 10.1. The quantitative estimate of drug-likeness (QED) is 0.235. The van der Waals surface area contributed by atoms with Crippen molar-refractivity contribution in [3.63, 3.8) is 0 Å². The Morgan fingerprint density at radius 2 is 1.58 bits per heavy atom. The number of rotatable bonds is 8. The maximum atomic E-state index is 11.3. The van der Waals surface area contributed by atoms with E-state index < -0.39 is 42.8 Å². The summed E-state index contributed by atoms with van der Waals surface area (Å²) >= 11 is 0. The van der Waals surface area contributed by atoms with Gasteiger partial charge in [-0.05, 0) is 6.42 Å². The number of hydrogen-bond acceptors (Lipinski definition) is 8. The molecular formula is C10H19NO8. The fraction of sp³-hybridized carbons (Fsp3) is 0.800. The number of carbonyl (C=O) groups is 2. The van der Waals surface area contributed by atoms with E-state index in [-0.39, 0.29) is 19.4 Å². The third-order valence-electron chi connectivity index (χ3n) is 2.35. The predicted octanol–water partition coefficient (Wildman–Crippen LogP) is -4.16. The van der Waals surface area contributed by atoms with Crippen LogP contribution in [0.3, 0.4) is 0 Å².